The highest BCUT2D eigenvalue weighted by Crippen LogP contribution is 1.77. The van der Waals surface area contributed by atoms with E-state index in [0.29, 0.717) is 6.33 Å². The number of hydrogen-bond donors (Lipinski definition) is 0. The highest BCUT2D eigenvalue weighted by Gasteiger charge is 1.57. The molecule has 0 unspecified atom stereocenters. The maximum absolute atomic E-state index is 11.1. The molecule has 0 amide bonds. The van der Waals surface area contributed by atoms with Crippen molar-refractivity contribution in [3.63, 3.8) is 0 Å². The molecule has 0 radical (unpaired) electrons. The first-order valence-corrected chi connectivity index (χ1v) is 2.31. The number of hydrogen-bond acceptors (Lipinski definition) is 1. The lowest BCUT2D eigenvalue weighted by molar-refractivity contribution is 0.721. The third kappa shape index (κ3) is 5.08. The summed E-state index contributed by atoms with van der Waals surface area (Å²) in [6, 6.07) is 0. The number of halogens is 1. The number of allylic oxidation sites excluding steroid dienone is 2. The van der Waals surface area contributed by atoms with Gasteiger partial charge >= 0.3 is 0 Å². The maximum atomic E-state index is 11.1. The zero-order chi connectivity index (χ0) is 6.24. The van der Waals surface area contributed by atoms with Crippen molar-refractivity contribution in [1.29, 1.82) is 0 Å². The molecule has 0 aliphatic carbocycles. The molecule has 1 nitrogen and oxygen atoms in total. The summed E-state index contributed by atoms with van der Waals surface area (Å²) in [6.07, 6.45) is 6.38. The summed E-state index contributed by atoms with van der Waals surface area (Å²) in [5.41, 5.74) is 0. The number of nitrogens with zero attached hydrogens (tertiary/aromatic N) is 1. The van der Waals surface area contributed by atoms with Crippen LogP contribution in [0.25, 0.3) is 0 Å². The van der Waals surface area contributed by atoms with Gasteiger partial charge in [0.25, 0.3) is 0 Å². The second kappa shape index (κ2) is 6.08. The summed E-state index contributed by atoms with van der Waals surface area (Å²) in [5.74, 6) is 0. The van der Waals surface area contributed by atoms with E-state index in [0.717, 1.165) is 0 Å². The molecule has 0 saturated carbocycles. The number of aliphatic imine (C=N–C) groups is 1. The Kier molecular flexibility index (Phi) is 5.38. The van der Waals surface area contributed by atoms with Gasteiger partial charge in [-0.2, -0.15) is 0 Å². The molecule has 8 heavy (non-hydrogen) atoms. The van der Waals surface area contributed by atoms with Gasteiger partial charge in [-0.1, -0.05) is 0 Å². The molecule has 0 aliphatic heterocycles. The van der Waals surface area contributed by atoms with Crippen molar-refractivity contribution in [2.45, 2.75) is 6.92 Å². The van der Waals surface area contributed by atoms with Crippen LogP contribution in [0.15, 0.2) is 29.7 Å². The lowest BCUT2D eigenvalue weighted by atomic mass is 10.6. The fraction of sp³-hybridized carbons (Fsp3) is 0.167. The van der Waals surface area contributed by atoms with Crippen LogP contribution in [-0.2, 0) is 0 Å². The fourth-order valence-corrected chi connectivity index (χ4v) is 0.227. The molecule has 0 bridgehead atoms. The van der Waals surface area contributed by atoms with Gasteiger partial charge in [0, 0.05) is 12.4 Å². The molecule has 0 rings (SSSR count). The smallest absolute Gasteiger partial charge is 0.0867 e. The Bertz CT molecular complexity index is 99.7. The van der Waals surface area contributed by atoms with Gasteiger partial charge in [0.15, 0.2) is 0 Å². The summed E-state index contributed by atoms with van der Waals surface area (Å²) >= 11 is 0. The Balaban J connectivity index is 3.35. The molecule has 0 saturated heterocycles. The Labute approximate surface area is 48.2 Å². The van der Waals surface area contributed by atoms with Gasteiger partial charge in [0.05, 0.1) is 6.33 Å². The van der Waals surface area contributed by atoms with Crippen molar-refractivity contribution >= 4 is 6.21 Å². The van der Waals surface area contributed by atoms with Crippen LogP contribution in [0, 0.1) is 0 Å². The van der Waals surface area contributed by atoms with Crippen LogP contribution in [0.1, 0.15) is 6.92 Å². The van der Waals surface area contributed by atoms with Crippen molar-refractivity contribution in [2.24, 2.45) is 4.99 Å². The summed E-state index contributed by atoms with van der Waals surface area (Å²) in [6.45, 7) is 1.80. The van der Waals surface area contributed by atoms with Crippen molar-refractivity contribution in [3.05, 3.63) is 24.7 Å². The van der Waals surface area contributed by atoms with Gasteiger partial charge in [-0.05, 0) is 19.1 Å². The van der Waals surface area contributed by atoms with Gasteiger partial charge in [0.1, 0.15) is 0 Å². The first kappa shape index (κ1) is 7.08. The summed E-state index contributed by atoms with van der Waals surface area (Å²) < 4.78 is 11.1. The van der Waals surface area contributed by atoms with Crippen LogP contribution in [0.4, 0.5) is 4.39 Å². The van der Waals surface area contributed by atoms with Crippen molar-refractivity contribution in [1.82, 2.24) is 0 Å². The van der Waals surface area contributed by atoms with Crippen molar-refractivity contribution in [2.75, 3.05) is 0 Å². The molecule has 0 aromatic heterocycles. The van der Waals surface area contributed by atoms with E-state index in [4.69, 9.17) is 0 Å². The van der Waals surface area contributed by atoms with Crippen LogP contribution in [0.2, 0.25) is 0 Å². The molecule has 0 fully saturated rings. The zero-order valence-corrected chi connectivity index (χ0v) is 4.71. The zero-order valence-electron chi connectivity index (χ0n) is 4.71. The largest absolute Gasteiger partial charge is 0.269 e. The van der Waals surface area contributed by atoms with Crippen LogP contribution in [-0.4, -0.2) is 6.21 Å². The van der Waals surface area contributed by atoms with Crippen molar-refractivity contribution < 1.29 is 4.39 Å². The van der Waals surface area contributed by atoms with Gasteiger partial charge in [-0.3, -0.25) is 4.99 Å². The Morgan fingerprint density at radius 3 is 2.62 bits per heavy atom. The van der Waals surface area contributed by atoms with Gasteiger partial charge in [-0.15, -0.1) is 0 Å². The lowest BCUT2D eigenvalue weighted by Crippen LogP contribution is -1.52. The van der Waals surface area contributed by atoms with E-state index in [9.17, 15) is 4.39 Å². The predicted molar refractivity (Wildman–Crippen MR) is 33.6 cm³/mol. The molecule has 0 aliphatic rings. The van der Waals surface area contributed by atoms with Crippen molar-refractivity contribution in [3.8, 4) is 0 Å². The van der Waals surface area contributed by atoms with E-state index in [1.54, 1.807) is 13.1 Å². The van der Waals surface area contributed by atoms with E-state index in [-0.39, 0.29) is 0 Å². The lowest BCUT2D eigenvalue weighted by Gasteiger charge is -1.67. The van der Waals surface area contributed by atoms with E-state index in [2.05, 4.69) is 4.99 Å². The topological polar surface area (TPSA) is 12.4 Å². The molecule has 0 heterocycles. The van der Waals surface area contributed by atoms with E-state index in [1.807, 2.05) is 0 Å². The second-order valence-electron chi connectivity index (χ2n) is 1.07. The maximum Gasteiger partial charge on any atom is 0.0867 e. The summed E-state index contributed by atoms with van der Waals surface area (Å²) in [7, 11) is 0. The molecule has 0 atom stereocenters. The molecule has 44 valence electrons. The highest BCUT2D eigenvalue weighted by atomic mass is 19.1. The second-order valence-corrected chi connectivity index (χ2v) is 1.07. The monoisotopic (exact) mass is 113 g/mol. The van der Waals surface area contributed by atoms with Crippen LogP contribution in [0.5, 0.6) is 0 Å². The normalized spacial score (nSPS) is 12.8. The third-order valence-corrected chi connectivity index (χ3v) is 0.505. The Hall–Kier alpha value is -0.920. The average Bonchev–Trinajstić information content (AvgIpc) is 1.81. The molecule has 0 spiro atoms. The summed E-state index contributed by atoms with van der Waals surface area (Å²) in [5, 5.41) is 0. The minimum absolute atomic E-state index is 0.460. The quantitative estimate of drug-likeness (QED) is 0.384. The SMILES string of the molecule is CC=N/C=C\C=C\F. The predicted octanol–water partition coefficient (Wildman–Crippen LogP) is 2.07. The molecule has 0 aromatic carbocycles. The van der Waals surface area contributed by atoms with E-state index in [1.165, 1.54) is 18.4 Å². The standard InChI is InChI=1S/C6H8FN/c1-2-8-6-4-3-5-7/h2-6H,1H3/b5-3+,6-4-,8-2?. The van der Waals surface area contributed by atoms with Crippen LogP contribution >= 0.6 is 0 Å². The fourth-order valence-electron chi connectivity index (χ4n) is 0.227. The molecule has 0 N–H and O–H groups in total. The Morgan fingerprint density at radius 1 is 1.38 bits per heavy atom. The average molecular weight is 113 g/mol. The summed E-state index contributed by atoms with van der Waals surface area (Å²) in [4.78, 5) is 3.69. The first-order chi connectivity index (χ1) is 3.91. The van der Waals surface area contributed by atoms with Gasteiger partial charge in [-0.25, -0.2) is 4.39 Å². The molecular weight excluding hydrogens is 105 g/mol. The van der Waals surface area contributed by atoms with E-state index >= 15 is 0 Å². The minimum Gasteiger partial charge on any atom is -0.269 e. The highest BCUT2D eigenvalue weighted by molar-refractivity contribution is 5.54. The molecule has 0 aromatic rings. The van der Waals surface area contributed by atoms with Gasteiger partial charge in [0.2, 0.25) is 0 Å². The molecule has 2 heteroatoms. The third-order valence-electron chi connectivity index (χ3n) is 0.505. The van der Waals surface area contributed by atoms with Gasteiger partial charge < -0.3 is 0 Å². The van der Waals surface area contributed by atoms with Crippen LogP contribution < -0.4 is 0 Å². The Morgan fingerprint density at radius 2 is 2.12 bits per heavy atom. The molecular formula is C6H8FN. The number of rotatable bonds is 2. The van der Waals surface area contributed by atoms with Crippen LogP contribution in [0.3, 0.4) is 0 Å². The van der Waals surface area contributed by atoms with E-state index < -0.39 is 0 Å². The first-order valence-electron chi connectivity index (χ1n) is 2.31. The minimum atomic E-state index is 0.460.